The normalized spacial score (nSPS) is 11.1. The summed E-state index contributed by atoms with van der Waals surface area (Å²) >= 11 is 4.77. The van der Waals surface area contributed by atoms with Crippen LogP contribution in [0.2, 0.25) is 0 Å². The molecule has 0 fully saturated rings. The number of methoxy groups -OCH3 is 2. The highest BCUT2D eigenvalue weighted by Gasteiger charge is 2.11. The Hall–Kier alpha value is -2.52. The number of aromatic amines is 1. The number of thioether (sulfide) groups is 1. The van der Waals surface area contributed by atoms with Crippen LogP contribution in [0.15, 0.2) is 51.1 Å². The zero-order valence-electron chi connectivity index (χ0n) is 14.7. The summed E-state index contributed by atoms with van der Waals surface area (Å²) < 4.78 is 11.2. The van der Waals surface area contributed by atoms with E-state index in [-0.39, 0.29) is 11.7 Å². The van der Waals surface area contributed by atoms with Crippen molar-refractivity contribution >= 4 is 50.8 Å². The lowest BCUT2D eigenvalue weighted by Gasteiger charge is -2.10. The van der Waals surface area contributed by atoms with Gasteiger partial charge in [-0.05, 0) is 40.2 Å². The van der Waals surface area contributed by atoms with E-state index >= 15 is 0 Å². The van der Waals surface area contributed by atoms with Crippen molar-refractivity contribution in [1.29, 1.82) is 0 Å². The molecule has 0 aliphatic rings. The number of para-hydroxylation sites is 2. The molecule has 1 aromatic heterocycles. The van der Waals surface area contributed by atoms with Gasteiger partial charge in [-0.2, -0.15) is 5.10 Å². The predicted octanol–water partition coefficient (Wildman–Crippen LogP) is 3.59. The Kier molecular flexibility index (Phi) is 6.36. The number of rotatable bonds is 7. The molecule has 7 nitrogen and oxygen atoms in total. The van der Waals surface area contributed by atoms with Gasteiger partial charge in [0.1, 0.15) is 0 Å². The third kappa shape index (κ3) is 4.61. The maximum Gasteiger partial charge on any atom is 0.250 e. The van der Waals surface area contributed by atoms with Gasteiger partial charge >= 0.3 is 0 Å². The van der Waals surface area contributed by atoms with Gasteiger partial charge in [-0.25, -0.2) is 10.4 Å². The highest BCUT2D eigenvalue weighted by molar-refractivity contribution is 9.10. The van der Waals surface area contributed by atoms with Gasteiger partial charge in [0.15, 0.2) is 16.7 Å². The van der Waals surface area contributed by atoms with E-state index < -0.39 is 0 Å². The molecule has 2 aromatic carbocycles. The maximum atomic E-state index is 12.0. The van der Waals surface area contributed by atoms with E-state index in [0.29, 0.717) is 21.1 Å². The quantitative estimate of drug-likeness (QED) is 0.327. The second kappa shape index (κ2) is 8.92. The summed E-state index contributed by atoms with van der Waals surface area (Å²) in [4.78, 5) is 19.6. The largest absolute Gasteiger partial charge is 0.493 e. The van der Waals surface area contributed by atoms with Gasteiger partial charge in [0.05, 0.1) is 41.7 Å². The summed E-state index contributed by atoms with van der Waals surface area (Å²) in [5.74, 6) is 1.14. The van der Waals surface area contributed by atoms with E-state index in [2.05, 4.69) is 36.4 Å². The van der Waals surface area contributed by atoms with Crippen molar-refractivity contribution in [1.82, 2.24) is 15.4 Å². The summed E-state index contributed by atoms with van der Waals surface area (Å²) in [6.07, 6.45) is 1.54. The summed E-state index contributed by atoms with van der Waals surface area (Å²) in [6, 6.07) is 11.3. The number of nitrogens with one attached hydrogen (secondary N) is 2. The molecule has 1 heterocycles. The number of hydrogen-bond acceptors (Lipinski definition) is 6. The van der Waals surface area contributed by atoms with Crippen molar-refractivity contribution < 1.29 is 14.3 Å². The Bertz CT molecular complexity index is 957. The van der Waals surface area contributed by atoms with Crippen molar-refractivity contribution in [2.45, 2.75) is 5.16 Å². The smallest absolute Gasteiger partial charge is 0.250 e. The molecule has 0 saturated carbocycles. The number of fused-ring (bicyclic) bond motifs is 1. The fourth-order valence-electron chi connectivity index (χ4n) is 2.34. The molecule has 0 bridgehead atoms. The second-order valence-electron chi connectivity index (χ2n) is 5.35. The van der Waals surface area contributed by atoms with Crippen LogP contribution in [0, 0.1) is 0 Å². The van der Waals surface area contributed by atoms with E-state index in [9.17, 15) is 4.79 Å². The molecule has 0 atom stereocenters. The third-order valence-electron chi connectivity index (χ3n) is 3.62. The van der Waals surface area contributed by atoms with E-state index in [0.717, 1.165) is 16.6 Å². The minimum absolute atomic E-state index is 0.199. The molecule has 0 spiro atoms. The Labute approximate surface area is 168 Å². The Morgan fingerprint density at radius 1 is 1.30 bits per heavy atom. The van der Waals surface area contributed by atoms with Gasteiger partial charge in [-0.1, -0.05) is 23.9 Å². The van der Waals surface area contributed by atoms with Crippen molar-refractivity contribution in [3.8, 4) is 11.5 Å². The standard InChI is InChI=1S/C18H17BrN4O3S/c1-25-14-8-7-11(16(19)17(14)26-2)9-20-23-15(24)10-27-18-21-12-5-3-4-6-13(12)22-18/h3-9H,10H2,1-2H3,(H,21,22)(H,23,24)/b20-9-. The number of halogens is 1. The number of carbonyl (C=O) groups excluding carboxylic acids is 1. The number of amides is 1. The monoisotopic (exact) mass is 448 g/mol. The van der Waals surface area contributed by atoms with Crippen molar-refractivity contribution in [2.24, 2.45) is 5.10 Å². The van der Waals surface area contributed by atoms with Crippen molar-refractivity contribution in [2.75, 3.05) is 20.0 Å². The van der Waals surface area contributed by atoms with E-state index in [1.807, 2.05) is 30.3 Å². The Balaban J connectivity index is 1.57. The number of benzene rings is 2. The summed E-state index contributed by atoms with van der Waals surface area (Å²) in [5, 5.41) is 4.69. The highest BCUT2D eigenvalue weighted by Crippen LogP contribution is 2.36. The molecule has 140 valence electrons. The minimum atomic E-state index is -0.228. The molecule has 9 heteroatoms. The van der Waals surface area contributed by atoms with Crippen LogP contribution in [0.25, 0.3) is 11.0 Å². The lowest BCUT2D eigenvalue weighted by molar-refractivity contribution is -0.118. The number of aromatic nitrogens is 2. The highest BCUT2D eigenvalue weighted by atomic mass is 79.9. The minimum Gasteiger partial charge on any atom is -0.493 e. The van der Waals surface area contributed by atoms with Gasteiger partial charge in [0, 0.05) is 5.56 Å². The zero-order valence-corrected chi connectivity index (χ0v) is 17.1. The van der Waals surface area contributed by atoms with Crippen LogP contribution in [0.3, 0.4) is 0 Å². The first kappa shape index (κ1) is 19.2. The first-order chi connectivity index (χ1) is 13.1. The van der Waals surface area contributed by atoms with Crippen LogP contribution in [-0.2, 0) is 4.79 Å². The Morgan fingerprint density at radius 2 is 2.11 bits per heavy atom. The van der Waals surface area contributed by atoms with Crippen molar-refractivity contribution in [3.05, 3.63) is 46.4 Å². The van der Waals surface area contributed by atoms with E-state index in [1.165, 1.54) is 18.0 Å². The fraction of sp³-hybridized carbons (Fsp3) is 0.167. The van der Waals surface area contributed by atoms with Crippen LogP contribution < -0.4 is 14.9 Å². The molecule has 0 aliphatic carbocycles. The third-order valence-corrected chi connectivity index (χ3v) is 5.31. The number of carbonyl (C=O) groups is 1. The van der Waals surface area contributed by atoms with Crippen LogP contribution in [-0.4, -0.2) is 42.1 Å². The SMILES string of the molecule is COc1ccc(/C=N\NC(=O)CSc2nc3ccccc3[nH]2)c(Br)c1OC. The summed E-state index contributed by atoms with van der Waals surface area (Å²) in [5.41, 5.74) is 5.07. The molecular formula is C18H17BrN4O3S. The number of H-pyrrole nitrogens is 1. The maximum absolute atomic E-state index is 12.0. The average Bonchev–Trinajstić information content (AvgIpc) is 3.10. The molecule has 0 unspecified atom stereocenters. The molecule has 0 radical (unpaired) electrons. The molecular weight excluding hydrogens is 432 g/mol. The van der Waals surface area contributed by atoms with Gasteiger partial charge < -0.3 is 14.5 Å². The number of ether oxygens (including phenoxy) is 2. The average molecular weight is 449 g/mol. The van der Waals surface area contributed by atoms with Gasteiger partial charge in [-0.15, -0.1) is 0 Å². The first-order valence-corrected chi connectivity index (χ1v) is 9.70. The molecule has 2 N–H and O–H groups in total. The van der Waals surface area contributed by atoms with Crippen LogP contribution in [0.4, 0.5) is 0 Å². The van der Waals surface area contributed by atoms with Crippen LogP contribution in [0.5, 0.6) is 11.5 Å². The Morgan fingerprint density at radius 3 is 2.85 bits per heavy atom. The molecule has 3 rings (SSSR count). The molecule has 1 amide bonds. The summed E-state index contributed by atoms with van der Waals surface area (Å²) in [7, 11) is 3.12. The molecule has 27 heavy (non-hydrogen) atoms. The first-order valence-electron chi connectivity index (χ1n) is 7.92. The molecule has 0 aliphatic heterocycles. The molecule has 0 saturated heterocycles. The van der Waals surface area contributed by atoms with E-state index in [1.54, 1.807) is 20.3 Å². The lowest BCUT2D eigenvalue weighted by atomic mass is 10.2. The topological polar surface area (TPSA) is 88.6 Å². The lowest BCUT2D eigenvalue weighted by Crippen LogP contribution is -2.19. The molecule has 3 aromatic rings. The van der Waals surface area contributed by atoms with Crippen molar-refractivity contribution in [3.63, 3.8) is 0 Å². The number of hydrogen-bond donors (Lipinski definition) is 2. The van der Waals surface area contributed by atoms with E-state index in [4.69, 9.17) is 9.47 Å². The zero-order chi connectivity index (χ0) is 19.2. The number of hydrazone groups is 1. The van der Waals surface area contributed by atoms with Crippen LogP contribution in [0.1, 0.15) is 5.56 Å². The number of imidazole rings is 1. The second-order valence-corrected chi connectivity index (χ2v) is 7.10. The van der Waals surface area contributed by atoms with Gasteiger partial charge in [0.25, 0.3) is 5.91 Å². The number of nitrogens with zero attached hydrogens (tertiary/aromatic N) is 2. The fourth-order valence-corrected chi connectivity index (χ4v) is 3.61. The summed E-state index contributed by atoms with van der Waals surface area (Å²) in [6.45, 7) is 0. The van der Waals surface area contributed by atoms with Gasteiger partial charge in [0.2, 0.25) is 0 Å². The van der Waals surface area contributed by atoms with Crippen LogP contribution >= 0.6 is 27.7 Å². The van der Waals surface area contributed by atoms with Gasteiger partial charge in [-0.3, -0.25) is 4.79 Å². The predicted molar refractivity (Wildman–Crippen MR) is 110 cm³/mol.